The van der Waals surface area contributed by atoms with Crippen LogP contribution in [-0.4, -0.2) is 23.0 Å². The Kier molecular flexibility index (Phi) is 5.57. The van der Waals surface area contributed by atoms with E-state index in [4.69, 9.17) is 15.6 Å². The highest BCUT2D eigenvalue weighted by Gasteiger charge is 2.26. The molecule has 1 aliphatic heterocycles. The van der Waals surface area contributed by atoms with Crippen molar-refractivity contribution in [3.8, 4) is 11.5 Å². The minimum absolute atomic E-state index is 0.164. The molecule has 0 aromatic heterocycles. The zero-order valence-electron chi connectivity index (χ0n) is 12.4. The van der Waals surface area contributed by atoms with Crippen LogP contribution in [0.4, 0.5) is 5.69 Å². The van der Waals surface area contributed by atoms with Crippen molar-refractivity contribution in [2.75, 3.05) is 5.73 Å². The monoisotopic (exact) mass is 314 g/mol. The predicted octanol–water partition coefficient (Wildman–Crippen LogP) is 2.41. The van der Waals surface area contributed by atoms with Crippen molar-refractivity contribution in [1.82, 2.24) is 5.32 Å². The second-order valence-electron chi connectivity index (χ2n) is 4.95. The lowest BCUT2D eigenvalue weighted by molar-refractivity contribution is -0.140. The number of hydrogen-bond donors (Lipinski definition) is 3. The molecule has 1 heterocycles. The molecule has 1 aliphatic rings. The number of nitrogens with two attached hydrogens (primary N) is 1. The first-order valence-electron chi connectivity index (χ1n) is 7.16. The lowest BCUT2D eigenvalue weighted by atomic mass is 10.2. The minimum atomic E-state index is -0.944. The maximum Gasteiger partial charge on any atom is 0.326 e. The van der Waals surface area contributed by atoms with Crippen molar-refractivity contribution in [1.29, 1.82) is 0 Å². The van der Waals surface area contributed by atoms with Crippen LogP contribution in [0, 0.1) is 0 Å². The van der Waals surface area contributed by atoms with E-state index in [-0.39, 0.29) is 5.91 Å². The molecular weight excluding hydrogens is 296 g/mol. The summed E-state index contributed by atoms with van der Waals surface area (Å²) in [7, 11) is 0. The second kappa shape index (κ2) is 7.84. The summed E-state index contributed by atoms with van der Waals surface area (Å²) >= 11 is 0. The quantitative estimate of drug-likeness (QED) is 0.755. The average molecular weight is 314 g/mol. The number of benzene rings is 2. The van der Waals surface area contributed by atoms with E-state index >= 15 is 0 Å². The van der Waals surface area contributed by atoms with Crippen molar-refractivity contribution in [3.63, 3.8) is 0 Å². The third kappa shape index (κ3) is 5.03. The molecule has 120 valence electrons. The first-order valence-corrected chi connectivity index (χ1v) is 7.16. The number of ether oxygens (including phenoxy) is 1. The van der Waals surface area contributed by atoms with Gasteiger partial charge in [0.05, 0.1) is 5.69 Å². The smallest absolute Gasteiger partial charge is 0.326 e. The molecular formula is C17H18N2O4. The van der Waals surface area contributed by atoms with Gasteiger partial charge in [0.25, 0.3) is 0 Å². The molecule has 2 aromatic carbocycles. The molecule has 3 rings (SSSR count). The molecule has 1 amide bonds. The topological polar surface area (TPSA) is 102 Å². The minimum Gasteiger partial charge on any atom is -0.480 e. The van der Waals surface area contributed by atoms with Gasteiger partial charge >= 0.3 is 5.97 Å². The van der Waals surface area contributed by atoms with Crippen LogP contribution in [0.2, 0.25) is 0 Å². The summed E-state index contributed by atoms with van der Waals surface area (Å²) in [4.78, 5) is 20.5. The second-order valence-corrected chi connectivity index (χ2v) is 4.95. The Morgan fingerprint density at radius 1 is 1.13 bits per heavy atom. The van der Waals surface area contributed by atoms with Gasteiger partial charge in [-0.25, -0.2) is 4.79 Å². The summed E-state index contributed by atoms with van der Waals surface area (Å²) < 4.78 is 5.58. The van der Waals surface area contributed by atoms with Crippen LogP contribution in [0.25, 0.3) is 0 Å². The largest absolute Gasteiger partial charge is 0.480 e. The number of carbonyl (C=O) groups is 2. The van der Waals surface area contributed by atoms with Crippen molar-refractivity contribution in [2.24, 2.45) is 0 Å². The fraction of sp³-hybridized carbons (Fsp3) is 0.176. The standard InChI is InChI=1S/C12H11NO.C5H7NO3/c13-11-8-4-5-9-12(11)14-10-6-2-1-3-7-10;7-4-2-1-3(6-4)5(8)9/h1-9H,13H2;3H,1-2H2,(H,6,7)(H,8,9). The Morgan fingerprint density at radius 2 is 1.78 bits per heavy atom. The van der Waals surface area contributed by atoms with Gasteiger partial charge < -0.3 is 20.9 Å². The molecule has 6 nitrogen and oxygen atoms in total. The maximum atomic E-state index is 10.4. The molecule has 6 heteroatoms. The number of rotatable bonds is 3. The molecule has 2 aromatic rings. The predicted molar refractivity (Wildman–Crippen MR) is 86.2 cm³/mol. The third-order valence-corrected chi connectivity index (χ3v) is 3.18. The molecule has 0 radical (unpaired) electrons. The van der Waals surface area contributed by atoms with Gasteiger partial charge in [-0.15, -0.1) is 0 Å². The van der Waals surface area contributed by atoms with E-state index in [9.17, 15) is 9.59 Å². The lowest BCUT2D eigenvalue weighted by Crippen LogP contribution is -2.32. The van der Waals surface area contributed by atoms with E-state index in [1.54, 1.807) is 0 Å². The van der Waals surface area contributed by atoms with E-state index < -0.39 is 12.0 Å². The summed E-state index contributed by atoms with van der Waals surface area (Å²) in [5.74, 6) is 0.382. The highest BCUT2D eigenvalue weighted by molar-refractivity contribution is 5.87. The number of nitrogens with one attached hydrogen (secondary N) is 1. The van der Waals surface area contributed by atoms with Gasteiger partial charge in [-0.05, 0) is 30.7 Å². The number of hydrogen-bond acceptors (Lipinski definition) is 4. The summed E-state index contributed by atoms with van der Waals surface area (Å²) in [5, 5.41) is 10.6. The van der Waals surface area contributed by atoms with Crippen LogP contribution < -0.4 is 15.8 Å². The number of carboxylic acid groups (broad SMARTS) is 1. The van der Waals surface area contributed by atoms with E-state index in [0.717, 1.165) is 5.75 Å². The molecule has 0 aliphatic carbocycles. The fourth-order valence-electron chi connectivity index (χ4n) is 1.99. The van der Waals surface area contributed by atoms with E-state index in [1.165, 1.54) is 0 Å². The van der Waals surface area contributed by atoms with E-state index in [2.05, 4.69) is 5.32 Å². The lowest BCUT2D eigenvalue weighted by Gasteiger charge is -2.07. The highest BCUT2D eigenvalue weighted by atomic mass is 16.5. The maximum absolute atomic E-state index is 10.4. The Hall–Kier alpha value is -3.02. The van der Waals surface area contributed by atoms with Crippen LogP contribution in [-0.2, 0) is 9.59 Å². The summed E-state index contributed by atoms with van der Waals surface area (Å²) in [6.07, 6.45) is 0.769. The number of anilines is 1. The molecule has 1 atom stereocenters. The summed E-state index contributed by atoms with van der Waals surface area (Å²) in [5.41, 5.74) is 6.39. The molecule has 1 fully saturated rings. The van der Waals surface area contributed by atoms with Gasteiger partial charge in [0.2, 0.25) is 5.91 Å². The average Bonchev–Trinajstić information content (AvgIpc) is 2.98. The Morgan fingerprint density at radius 3 is 2.30 bits per heavy atom. The highest BCUT2D eigenvalue weighted by Crippen LogP contribution is 2.26. The number of nitrogen functional groups attached to an aromatic ring is 1. The number of carboxylic acids is 1. The molecule has 1 unspecified atom stereocenters. The van der Waals surface area contributed by atoms with Crippen LogP contribution in [0.15, 0.2) is 54.6 Å². The van der Waals surface area contributed by atoms with Crippen LogP contribution in [0.1, 0.15) is 12.8 Å². The normalized spacial score (nSPS) is 16.0. The SMILES string of the molecule is Nc1ccccc1Oc1ccccc1.O=C1CCC(C(=O)O)N1. The van der Waals surface area contributed by atoms with Crippen LogP contribution >= 0.6 is 0 Å². The first kappa shape index (κ1) is 16.4. The Balaban J connectivity index is 0.000000185. The van der Waals surface area contributed by atoms with Gasteiger partial charge in [-0.3, -0.25) is 4.79 Å². The number of amides is 1. The molecule has 0 spiro atoms. The van der Waals surface area contributed by atoms with Gasteiger partial charge in [0, 0.05) is 6.42 Å². The van der Waals surface area contributed by atoms with Gasteiger partial charge in [0.1, 0.15) is 17.5 Å². The number of aliphatic carboxylic acids is 1. The van der Waals surface area contributed by atoms with Crippen molar-refractivity contribution < 1.29 is 19.4 Å². The molecule has 0 bridgehead atoms. The first-order chi connectivity index (χ1) is 11.1. The van der Waals surface area contributed by atoms with Crippen LogP contribution in [0.5, 0.6) is 11.5 Å². The summed E-state index contributed by atoms with van der Waals surface area (Å²) in [6.45, 7) is 0. The van der Waals surface area contributed by atoms with Crippen molar-refractivity contribution in [2.45, 2.75) is 18.9 Å². The molecule has 4 N–H and O–H groups in total. The fourth-order valence-corrected chi connectivity index (χ4v) is 1.99. The van der Waals surface area contributed by atoms with Gasteiger partial charge in [0.15, 0.2) is 0 Å². The van der Waals surface area contributed by atoms with E-state index in [1.807, 2.05) is 54.6 Å². The van der Waals surface area contributed by atoms with E-state index in [0.29, 0.717) is 24.3 Å². The summed E-state index contributed by atoms with van der Waals surface area (Å²) in [6, 6.07) is 16.4. The molecule has 23 heavy (non-hydrogen) atoms. The van der Waals surface area contributed by atoms with Gasteiger partial charge in [-0.2, -0.15) is 0 Å². The van der Waals surface area contributed by atoms with Crippen molar-refractivity contribution in [3.05, 3.63) is 54.6 Å². The molecule has 0 saturated carbocycles. The van der Waals surface area contributed by atoms with Crippen molar-refractivity contribution >= 4 is 17.6 Å². The number of carbonyl (C=O) groups excluding carboxylic acids is 1. The Labute approximate surface area is 133 Å². The molecule has 1 saturated heterocycles. The number of para-hydroxylation sites is 3. The van der Waals surface area contributed by atoms with Crippen LogP contribution in [0.3, 0.4) is 0 Å². The zero-order valence-corrected chi connectivity index (χ0v) is 12.4. The Bertz CT molecular complexity index is 673. The zero-order chi connectivity index (χ0) is 16.7. The third-order valence-electron chi connectivity index (χ3n) is 3.18. The van der Waals surface area contributed by atoms with Gasteiger partial charge in [-0.1, -0.05) is 30.3 Å².